The molecular weight excluding hydrogens is 329 g/mol. The van der Waals surface area contributed by atoms with Gasteiger partial charge in [-0.15, -0.1) is 0 Å². The molecule has 5 nitrogen and oxygen atoms in total. The Balaban J connectivity index is 1.42. The van der Waals surface area contributed by atoms with Crippen molar-refractivity contribution in [1.29, 1.82) is 0 Å². The Morgan fingerprint density at radius 2 is 1.50 bits per heavy atom. The summed E-state index contributed by atoms with van der Waals surface area (Å²) in [5, 5.41) is 0. The first-order chi connectivity index (χ1) is 12.2. The summed E-state index contributed by atoms with van der Waals surface area (Å²) in [6, 6.07) is 6.99. The van der Waals surface area contributed by atoms with Crippen LogP contribution < -0.4 is 0 Å². The zero-order valence-corrected chi connectivity index (χ0v) is 16.0. The van der Waals surface area contributed by atoms with Gasteiger partial charge in [-0.1, -0.05) is 24.2 Å². The van der Waals surface area contributed by atoms with E-state index in [0.29, 0.717) is 17.7 Å². The maximum absolute atomic E-state index is 12.3. The monoisotopic (exact) mass is 355 g/mol. The molecule has 0 N–H and O–H groups in total. The number of carbonyl (C=O) groups excluding carboxylic acids is 2. The van der Waals surface area contributed by atoms with E-state index in [1.165, 1.54) is 4.90 Å². The van der Waals surface area contributed by atoms with Crippen LogP contribution in [0.5, 0.6) is 0 Å². The number of allylic oxidation sites excluding steroid dienone is 1. The molecule has 2 aliphatic rings. The second-order valence-corrected chi connectivity index (χ2v) is 7.86. The van der Waals surface area contributed by atoms with Crippen LogP contribution in [-0.4, -0.2) is 41.6 Å². The highest BCUT2D eigenvalue weighted by atomic mass is 16.7. The molecule has 1 aromatic carbocycles. The zero-order valence-electron chi connectivity index (χ0n) is 16.0. The first-order valence-electron chi connectivity index (χ1n) is 9.20. The molecule has 0 aromatic heterocycles. The van der Waals surface area contributed by atoms with Gasteiger partial charge in [-0.05, 0) is 59.1 Å². The van der Waals surface area contributed by atoms with E-state index in [1.54, 1.807) is 24.3 Å². The van der Waals surface area contributed by atoms with Crippen molar-refractivity contribution in [3.05, 3.63) is 47.4 Å². The molecule has 1 fully saturated rings. The molecule has 1 aromatic rings. The molecule has 26 heavy (non-hydrogen) atoms. The fraction of sp³-hybridized carbons (Fsp3) is 0.500. The Kier molecular flexibility index (Phi) is 5.08. The molecule has 0 atom stereocenters. The fourth-order valence-electron chi connectivity index (χ4n) is 3.15. The van der Waals surface area contributed by atoms with Crippen molar-refractivity contribution in [1.82, 2.24) is 4.90 Å². The maximum atomic E-state index is 12.3. The molecule has 0 radical (unpaired) electrons. The molecule has 138 valence electrons. The number of nitrogens with zero attached hydrogens (tertiary/aromatic N) is 1. The highest BCUT2D eigenvalue weighted by Crippen LogP contribution is 2.36. The molecule has 0 aliphatic carbocycles. The fourth-order valence-corrected chi connectivity index (χ4v) is 3.15. The van der Waals surface area contributed by atoms with Gasteiger partial charge in [-0.3, -0.25) is 14.5 Å². The van der Waals surface area contributed by atoms with Gasteiger partial charge in [0.25, 0.3) is 11.8 Å². The minimum Gasteiger partial charge on any atom is -0.400 e. The number of unbranched alkanes of at least 4 members (excludes halogenated alkanes) is 2. The summed E-state index contributed by atoms with van der Waals surface area (Å²) in [6.45, 7) is 8.58. The number of carbonyl (C=O) groups is 2. The normalized spacial score (nSPS) is 21.1. The van der Waals surface area contributed by atoms with Crippen LogP contribution in [0.2, 0.25) is 0 Å². The molecule has 0 spiro atoms. The van der Waals surface area contributed by atoms with E-state index in [4.69, 9.17) is 9.31 Å². The van der Waals surface area contributed by atoms with Gasteiger partial charge < -0.3 is 9.31 Å². The number of hydrogen-bond donors (Lipinski definition) is 0. The van der Waals surface area contributed by atoms with Gasteiger partial charge in [-0.2, -0.15) is 0 Å². The van der Waals surface area contributed by atoms with Crippen LogP contribution in [-0.2, 0) is 9.31 Å². The summed E-state index contributed by atoms with van der Waals surface area (Å²) in [6.07, 6.45) is 4.57. The Labute approximate surface area is 155 Å². The lowest BCUT2D eigenvalue weighted by atomic mass is 9.89. The average molecular weight is 355 g/mol. The molecule has 0 unspecified atom stereocenters. The minimum atomic E-state index is -0.326. The third-order valence-corrected chi connectivity index (χ3v) is 5.45. The van der Waals surface area contributed by atoms with Crippen LogP contribution in [0.4, 0.5) is 0 Å². The maximum Gasteiger partial charge on any atom is 0.486 e. The van der Waals surface area contributed by atoms with E-state index < -0.39 is 0 Å². The third kappa shape index (κ3) is 3.48. The lowest BCUT2D eigenvalue weighted by molar-refractivity contribution is 0.00578. The lowest BCUT2D eigenvalue weighted by Crippen LogP contribution is -2.41. The van der Waals surface area contributed by atoms with E-state index in [-0.39, 0.29) is 30.1 Å². The summed E-state index contributed by atoms with van der Waals surface area (Å²) in [5.74, 6) is 1.58. The standard InChI is InChI=1S/C20H26BNO4/c1-19(2)20(3,4)26-21(25-19)13-9-5-6-10-14-22-17(23)15-11-7-8-12-16(15)18(22)24/h7-9,11-13H,5-6,10,14H2,1-4H3. The first kappa shape index (κ1) is 18.9. The second-order valence-electron chi connectivity index (χ2n) is 7.86. The van der Waals surface area contributed by atoms with Crippen molar-refractivity contribution < 1.29 is 18.9 Å². The molecule has 2 heterocycles. The number of imide groups is 1. The molecule has 0 bridgehead atoms. The van der Waals surface area contributed by atoms with Crippen LogP contribution in [0, 0.1) is 0 Å². The van der Waals surface area contributed by atoms with E-state index in [9.17, 15) is 9.59 Å². The van der Waals surface area contributed by atoms with Gasteiger partial charge in [0.1, 0.15) is 0 Å². The van der Waals surface area contributed by atoms with Crippen LogP contribution in [0.3, 0.4) is 0 Å². The summed E-state index contributed by atoms with van der Waals surface area (Å²) in [4.78, 5) is 25.9. The van der Waals surface area contributed by atoms with E-state index in [0.717, 1.165) is 19.3 Å². The molecular formula is C20H26BNO4. The predicted octanol–water partition coefficient (Wildman–Crippen LogP) is 3.64. The molecule has 3 rings (SSSR count). The largest absolute Gasteiger partial charge is 0.486 e. The number of fused-ring (bicyclic) bond motifs is 1. The van der Waals surface area contributed by atoms with Crippen LogP contribution >= 0.6 is 0 Å². The van der Waals surface area contributed by atoms with Gasteiger partial charge in [0.2, 0.25) is 0 Å². The van der Waals surface area contributed by atoms with E-state index in [1.807, 2.05) is 39.7 Å². The SMILES string of the molecule is CC1(C)OB(C=CCCCCN2C(=O)c3ccccc3C2=O)OC1(C)C. The van der Waals surface area contributed by atoms with Crippen molar-refractivity contribution in [2.75, 3.05) is 6.54 Å². The Bertz CT molecular complexity index is 690. The van der Waals surface area contributed by atoms with Crippen molar-refractivity contribution in [2.24, 2.45) is 0 Å². The van der Waals surface area contributed by atoms with Gasteiger partial charge in [-0.25, -0.2) is 0 Å². The molecule has 1 saturated heterocycles. The van der Waals surface area contributed by atoms with Crippen molar-refractivity contribution >= 4 is 18.9 Å². The van der Waals surface area contributed by atoms with Crippen LogP contribution in [0.1, 0.15) is 67.7 Å². The Morgan fingerprint density at radius 1 is 0.962 bits per heavy atom. The number of benzene rings is 1. The van der Waals surface area contributed by atoms with Crippen molar-refractivity contribution in [3.8, 4) is 0 Å². The zero-order chi connectivity index (χ0) is 18.9. The highest BCUT2D eigenvalue weighted by molar-refractivity contribution is 6.51. The predicted molar refractivity (Wildman–Crippen MR) is 101 cm³/mol. The molecule has 0 saturated carbocycles. The molecule has 2 amide bonds. The Morgan fingerprint density at radius 3 is 2.04 bits per heavy atom. The van der Waals surface area contributed by atoms with Crippen molar-refractivity contribution in [3.63, 3.8) is 0 Å². The van der Waals surface area contributed by atoms with Gasteiger partial charge >= 0.3 is 7.12 Å². The summed E-state index contributed by atoms with van der Waals surface area (Å²) >= 11 is 0. The van der Waals surface area contributed by atoms with Gasteiger partial charge in [0.15, 0.2) is 0 Å². The van der Waals surface area contributed by atoms with Gasteiger partial charge in [0, 0.05) is 6.54 Å². The summed E-state index contributed by atoms with van der Waals surface area (Å²) in [7, 11) is -0.323. The lowest BCUT2D eigenvalue weighted by Gasteiger charge is -2.32. The quantitative estimate of drug-likeness (QED) is 0.444. The van der Waals surface area contributed by atoms with Crippen LogP contribution in [0.15, 0.2) is 36.3 Å². The van der Waals surface area contributed by atoms with E-state index in [2.05, 4.69) is 0 Å². The summed E-state index contributed by atoms with van der Waals surface area (Å²) < 4.78 is 11.8. The highest BCUT2D eigenvalue weighted by Gasteiger charge is 2.49. The Hall–Kier alpha value is -1.92. The number of hydrogen-bond acceptors (Lipinski definition) is 4. The van der Waals surface area contributed by atoms with Gasteiger partial charge in [0.05, 0.1) is 22.3 Å². The minimum absolute atomic E-state index is 0.182. The number of amides is 2. The van der Waals surface area contributed by atoms with E-state index >= 15 is 0 Å². The average Bonchev–Trinajstić information content (AvgIpc) is 2.94. The topological polar surface area (TPSA) is 55.8 Å². The summed E-state index contributed by atoms with van der Waals surface area (Å²) in [5.41, 5.74) is 0.373. The first-order valence-corrected chi connectivity index (χ1v) is 9.20. The number of rotatable bonds is 6. The van der Waals surface area contributed by atoms with Crippen LogP contribution in [0.25, 0.3) is 0 Å². The molecule has 6 heteroatoms. The van der Waals surface area contributed by atoms with Crippen molar-refractivity contribution in [2.45, 2.75) is 58.2 Å². The molecule has 2 aliphatic heterocycles. The third-order valence-electron chi connectivity index (χ3n) is 5.45. The second kappa shape index (κ2) is 7.01. The smallest absolute Gasteiger partial charge is 0.400 e.